The van der Waals surface area contributed by atoms with E-state index in [0.717, 1.165) is 112 Å². The van der Waals surface area contributed by atoms with Crippen molar-refractivity contribution in [3.05, 3.63) is 133 Å². The minimum atomic E-state index is -0.200. The summed E-state index contributed by atoms with van der Waals surface area (Å²) in [6.45, 7) is 5.25. The van der Waals surface area contributed by atoms with Crippen molar-refractivity contribution in [2.75, 3.05) is 68.2 Å². The van der Waals surface area contributed by atoms with E-state index < -0.39 is 0 Å². The second-order valence-corrected chi connectivity index (χ2v) is 17.1. The third-order valence-corrected chi connectivity index (χ3v) is 13.2. The molecule has 4 aromatic heterocycles. The number of aromatic amines is 2. The van der Waals surface area contributed by atoms with E-state index in [4.69, 9.17) is 14.2 Å². The van der Waals surface area contributed by atoms with Gasteiger partial charge in [0.25, 0.3) is 0 Å². The fourth-order valence-electron chi connectivity index (χ4n) is 9.57. The van der Waals surface area contributed by atoms with Crippen molar-refractivity contribution in [1.82, 2.24) is 19.9 Å². The Hall–Kier alpha value is -7.97. The summed E-state index contributed by atoms with van der Waals surface area (Å²) in [7, 11) is 1.60. The molecule has 0 spiro atoms. The lowest BCUT2D eigenvalue weighted by molar-refractivity contribution is -0.118. The van der Waals surface area contributed by atoms with Gasteiger partial charge in [-0.25, -0.2) is 9.97 Å². The van der Waals surface area contributed by atoms with Gasteiger partial charge in [-0.1, -0.05) is 30.3 Å². The highest BCUT2D eigenvalue weighted by atomic mass is 16.5. The van der Waals surface area contributed by atoms with Crippen LogP contribution < -0.4 is 19.9 Å². The number of carbonyl (C=O) groups is 1. The zero-order chi connectivity index (χ0) is 44.7. The van der Waals surface area contributed by atoms with Gasteiger partial charge < -0.3 is 39.3 Å². The van der Waals surface area contributed by atoms with E-state index in [1.807, 2.05) is 42.5 Å². The monoisotopic (exact) mass is 871 g/mol. The molecule has 1 saturated carbocycles. The molecule has 1 amide bonds. The molecule has 0 radical (unpaired) electrons. The molecule has 1 aliphatic carbocycles. The van der Waals surface area contributed by atoms with Crippen molar-refractivity contribution < 1.29 is 19.0 Å². The number of H-pyrrole nitrogens is 2. The van der Waals surface area contributed by atoms with Gasteiger partial charge in [0.15, 0.2) is 0 Å². The van der Waals surface area contributed by atoms with Crippen LogP contribution in [-0.4, -0.2) is 85.1 Å². The molecule has 8 aromatic rings. The third-order valence-electron chi connectivity index (χ3n) is 13.2. The van der Waals surface area contributed by atoms with Crippen molar-refractivity contribution in [2.45, 2.75) is 12.5 Å². The summed E-state index contributed by atoms with van der Waals surface area (Å²) in [5, 5.41) is 24.8. The molecule has 6 heterocycles. The highest BCUT2D eigenvalue weighted by Crippen LogP contribution is 2.45. The number of hydrogen-bond donors (Lipinski definition) is 3. The highest BCUT2D eigenvalue weighted by molar-refractivity contribution is 5.99. The van der Waals surface area contributed by atoms with Crippen LogP contribution >= 0.6 is 0 Å². The Bertz CT molecular complexity index is 3210. The number of aromatic nitrogens is 4. The van der Waals surface area contributed by atoms with Gasteiger partial charge in [0.2, 0.25) is 5.91 Å². The van der Waals surface area contributed by atoms with Gasteiger partial charge in [0.05, 0.1) is 55.9 Å². The summed E-state index contributed by atoms with van der Waals surface area (Å²) in [5.41, 5.74) is 12.8. The molecule has 3 aliphatic rings. The van der Waals surface area contributed by atoms with Crippen molar-refractivity contribution in [3.8, 4) is 62.7 Å². The minimum absolute atomic E-state index is 0.0854. The molecule has 3 unspecified atom stereocenters. The largest absolute Gasteiger partial charge is 0.497 e. The van der Waals surface area contributed by atoms with Gasteiger partial charge in [0.1, 0.15) is 23.1 Å². The number of pyridine rings is 2. The summed E-state index contributed by atoms with van der Waals surface area (Å²) in [6, 6.07) is 40.8. The minimum Gasteiger partial charge on any atom is -0.497 e. The number of nitrogens with zero attached hydrogens (tertiary/aromatic N) is 6. The Kier molecular flexibility index (Phi) is 10.6. The van der Waals surface area contributed by atoms with Crippen LogP contribution in [0.3, 0.4) is 0 Å². The molecule has 4 aromatic carbocycles. The SMILES string of the molecule is COc1cc(C#N)cc(-c2ccnc3[nH]c(-c4ccc(N5CCOC(C6CC6C(=O)Nc6ccc(-c7ccnc8[nH]c(-c9ccc(N%10CCOCC%10)cc9)cc78)cc6C#N)C5)cc4)cc23)c1. The Balaban J connectivity index is 0.740. The lowest BCUT2D eigenvalue weighted by Crippen LogP contribution is -2.44. The number of fused-ring (bicyclic) bond motifs is 2. The molecule has 11 rings (SSSR count). The number of carbonyl (C=O) groups excluding carboxylic acids is 1. The van der Waals surface area contributed by atoms with Crippen LogP contribution in [0.25, 0.3) is 66.8 Å². The average molecular weight is 872 g/mol. The normalized spacial score (nSPS) is 18.2. The molecule has 3 N–H and O–H groups in total. The van der Waals surface area contributed by atoms with Gasteiger partial charge in [-0.05, 0) is 125 Å². The number of amides is 1. The molecule has 3 atom stereocenters. The smallest absolute Gasteiger partial charge is 0.227 e. The quantitative estimate of drug-likeness (QED) is 0.121. The van der Waals surface area contributed by atoms with Gasteiger partial charge in [0, 0.05) is 78.0 Å². The Labute approximate surface area is 381 Å². The summed E-state index contributed by atoms with van der Waals surface area (Å²) in [6.07, 6.45) is 4.18. The zero-order valence-corrected chi connectivity index (χ0v) is 36.3. The van der Waals surface area contributed by atoms with Crippen LogP contribution in [0.1, 0.15) is 17.5 Å². The van der Waals surface area contributed by atoms with Crippen LogP contribution in [0.4, 0.5) is 17.1 Å². The predicted octanol–water partition coefficient (Wildman–Crippen LogP) is 9.18. The number of rotatable bonds is 10. The van der Waals surface area contributed by atoms with Gasteiger partial charge >= 0.3 is 0 Å². The van der Waals surface area contributed by atoms with E-state index in [1.165, 1.54) is 5.69 Å². The predicted molar refractivity (Wildman–Crippen MR) is 255 cm³/mol. The second-order valence-electron chi connectivity index (χ2n) is 17.1. The number of hydrogen-bond acceptors (Lipinski definition) is 10. The maximum absolute atomic E-state index is 13.7. The van der Waals surface area contributed by atoms with Crippen LogP contribution in [0.5, 0.6) is 5.75 Å². The first kappa shape index (κ1) is 40.8. The van der Waals surface area contributed by atoms with Gasteiger partial charge in [-0.15, -0.1) is 0 Å². The zero-order valence-electron chi connectivity index (χ0n) is 36.3. The fraction of sp³-hybridized carbons (Fsp3) is 0.226. The maximum Gasteiger partial charge on any atom is 0.227 e. The number of anilines is 3. The Morgan fingerprint density at radius 3 is 1.97 bits per heavy atom. The van der Waals surface area contributed by atoms with Crippen molar-refractivity contribution in [1.29, 1.82) is 10.5 Å². The topological polar surface area (TPSA) is 168 Å². The second kappa shape index (κ2) is 17.2. The average Bonchev–Trinajstić information content (AvgIpc) is 3.87. The van der Waals surface area contributed by atoms with Crippen LogP contribution in [0.15, 0.2) is 122 Å². The number of methoxy groups -OCH3 is 1. The summed E-state index contributed by atoms with van der Waals surface area (Å²) >= 11 is 0. The first-order valence-electron chi connectivity index (χ1n) is 22.2. The number of ether oxygens (including phenoxy) is 3. The van der Waals surface area contributed by atoms with E-state index in [-0.39, 0.29) is 23.8 Å². The molecular weight excluding hydrogens is 827 g/mol. The summed E-state index contributed by atoms with van der Waals surface area (Å²) in [4.78, 5) is 34.5. The lowest BCUT2D eigenvalue weighted by Gasteiger charge is -2.35. The molecule has 2 aliphatic heterocycles. The summed E-state index contributed by atoms with van der Waals surface area (Å²) in [5.74, 6) is 0.416. The summed E-state index contributed by atoms with van der Waals surface area (Å²) < 4.78 is 17.2. The fourth-order valence-corrected chi connectivity index (χ4v) is 9.57. The number of nitrogens with one attached hydrogen (secondary N) is 3. The number of morpholine rings is 2. The van der Waals surface area contributed by atoms with Gasteiger partial charge in [-0.3, -0.25) is 4.79 Å². The van der Waals surface area contributed by atoms with E-state index in [1.54, 1.807) is 25.6 Å². The highest BCUT2D eigenvalue weighted by Gasteiger charge is 2.49. The van der Waals surface area contributed by atoms with Crippen LogP contribution in [0.2, 0.25) is 0 Å². The maximum atomic E-state index is 13.7. The number of benzene rings is 4. The molecule has 0 bridgehead atoms. The molecule has 3 fully saturated rings. The van der Waals surface area contributed by atoms with Crippen molar-refractivity contribution in [3.63, 3.8) is 0 Å². The number of nitriles is 2. The molecular formula is C53H45N9O4. The third kappa shape index (κ3) is 7.85. The van der Waals surface area contributed by atoms with Crippen LogP contribution in [0, 0.1) is 34.5 Å². The molecule has 13 nitrogen and oxygen atoms in total. The lowest BCUT2D eigenvalue weighted by atomic mass is 10.00. The van der Waals surface area contributed by atoms with Crippen molar-refractivity contribution in [2.24, 2.45) is 11.8 Å². The molecule has 2 saturated heterocycles. The van der Waals surface area contributed by atoms with E-state index in [2.05, 4.69) is 108 Å². The molecule has 326 valence electrons. The van der Waals surface area contributed by atoms with E-state index >= 15 is 0 Å². The Morgan fingerprint density at radius 2 is 1.33 bits per heavy atom. The Morgan fingerprint density at radius 1 is 0.712 bits per heavy atom. The molecule has 13 heteroatoms. The van der Waals surface area contributed by atoms with Gasteiger partial charge in [-0.2, -0.15) is 10.5 Å². The first-order chi connectivity index (χ1) is 32.4. The van der Waals surface area contributed by atoms with E-state index in [9.17, 15) is 15.3 Å². The first-order valence-corrected chi connectivity index (χ1v) is 22.2. The van der Waals surface area contributed by atoms with Crippen LogP contribution in [-0.2, 0) is 14.3 Å². The standard InChI is InChI=1S/C53H45N9O4/c1-64-40-23-32(29-54)22-36(25-40)42-13-15-57-52-45(42)28-49(59-52)34-4-9-39(10-5-34)62-18-21-66-50(31-62)43-26-46(43)53(63)60-47-11-6-35(24-37(47)30-55)41-12-14-56-51-44(41)27-48(58-51)33-2-7-38(8-3-33)61-16-19-65-20-17-61/h2-15,22-25,27-28,43,46,50H,16-21,26,31H2,1H3,(H,56,58)(H,57,59)(H,60,63). The molecule has 66 heavy (non-hydrogen) atoms. The van der Waals surface area contributed by atoms with E-state index in [0.29, 0.717) is 35.7 Å². The van der Waals surface area contributed by atoms with Crippen molar-refractivity contribution >= 4 is 45.0 Å².